The van der Waals surface area contributed by atoms with Crippen molar-refractivity contribution in [3.63, 3.8) is 0 Å². The molecule has 0 spiro atoms. The van der Waals surface area contributed by atoms with Gasteiger partial charge in [0.05, 0.1) is 24.3 Å². The predicted octanol–water partition coefficient (Wildman–Crippen LogP) is 1.81. The molecule has 10 nitrogen and oxygen atoms in total. The van der Waals surface area contributed by atoms with Crippen LogP contribution in [0.25, 0.3) is 0 Å². The fourth-order valence-electron chi connectivity index (χ4n) is 2.64. The van der Waals surface area contributed by atoms with Gasteiger partial charge in [-0.1, -0.05) is 0 Å². The smallest absolute Gasteiger partial charge is 0.211 e. The van der Waals surface area contributed by atoms with Crippen LogP contribution in [0.2, 0.25) is 0 Å². The molecule has 0 rings (SSSR count). The lowest BCUT2D eigenvalue weighted by Crippen LogP contribution is -2.48. The highest BCUT2D eigenvalue weighted by Gasteiger charge is 2.40. The lowest BCUT2D eigenvalue weighted by molar-refractivity contribution is 0.387. The predicted molar refractivity (Wildman–Crippen MR) is 110 cm³/mol. The van der Waals surface area contributed by atoms with Crippen LogP contribution in [-0.2, 0) is 20.0 Å². The van der Waals surface area contributed by atoms with Crippen molar-refractivity contribution in [1.82, 2.24) is 8.61 Å². The Morgan fingerprint density at radius 2 is 0.833 bits per heavy atom. The Kier molecular flexibility index (Phi) is 13.6. The molecule has 0 aromatic heterocycles. The molecule has 0 aromatic carbocycles. The van der Waals surface area contributed by atoms with Crippen molar-refractivity contribution in [2.24, 2.45) is 0 Å². The van der Waals surface area contributed by atoms with Gasteiger partial charge in [-0.25, -0.2) is 25.4 Å². The summed E-state index contributed by atoms with van der Waals surface area (Å²) in [5, 5.41) is 34.8. The minimum atomic E-state index is -4.27. The maximum atomic E-state index is 13.1. The van der Waals surface area contributed by atoms with Crippen LogP contribution in [0.1, 0.15) is 58.3 Å². The van der Waals surface area contributed by atoms with Gasteiger partial charge in [-0.15, -0.1) is 0 Å². The Labute approximate surface area is 180 Å². The largest absolute Gasteiger partial charge is 0.232 e. The van der Waals surface area contributed by atoms with Crippen molar-refractivity contribution >= 4 is 20.0 Å². The van der Waals surface area contributed by atoms with Crippen molar-refractivity contribution in [2.75, 3.05) is 26.2 Å². The number of hydrogen-bond donors (Lipinski definition) is 0. The normalized spacial score (nSPS) is 11.7. The molecule has 0 aliphatic carbocycles. The summed E-state index contributed by atoms with van der Waals surface area (Å²) in [6.07, 6.45) is 1.51. The van der Waals surface area contributed by atoms with Crippen LogP contribution in [0.5, 0.6) is 0 Å². The summed E-state index contributed by atoms with van der Waals surface area (Å²) in [7, 11) is -8.54. The molecule has 0 radical (unpaired) electrons. The van der Waals surface area contributed by atoms with Crippen LogP contribution >= 0.6 is 0 Å². The molecule has 0 aliphatic rings. The van der Waals surface area contributed by atoms with Crippen molar-refractivity contribution in [3.8, 4) is 24.3 Å². The SMILES string of the molecule is CC(S(=O)(=O)N(CCCC#N)CCCC#N)S(=O)(=O)N(CCCC#N)CCCC#N. The minimum absolute atomic E-state index is 0.00987. The van der Waals surface area contributed by atoms with Crippen LogP contribution in [0, 0.1) is 45.3 Å². The van der Waals surface area contributed by atoms with E-state index in [2.05, 4.69) is 0 Å². The fraction of sp³-hybridized carbons (Fsp3) is 0.778. The van der Waals surface area contributed by atoms with Crippen molar-refractivity contribution in [2.45, 2.75) is 62.9 Å². The quantitative estimate of drug-likeness (QED) is 0.316. The van der Waals surface area contributed by atoms with E-state index in [1.54, 1.807) is 0 Å². The molecule has 0 unspecified atom stereocenters. The number of sulfonamides is 2. The number of unbranched alkanes of at least 4 members (excludes halogenated alkanes) is 4. The number of rotatable bonds is 16. The van der Waals surface area contributed by atoms with E-state index in [1.807, 2.05) is 24.3 Å². The third-order valence-corrected chi connectivity index (χ3v) is 9.65. The zero-order chi connectivity index (χ0) is 23.0. The van der Waals surface area contributed by atoms with E-state index < -0.39 is 24.6 Å². The molecule has 0 saturated heterocycles. The lowest BCUT2D eigenvalue weighted by Gasteiger charge is -2.29. The van der Waals surface area contributed by atoms with E-state index in [9.17, 15) is 16.8 Å². The summed E-state index contributed by atoms with van der Waals surface area (Å²) >= 11 is 0. The Morgan fingerprint density at radius 3 is 1.03 bits per heavy atom. The minimum Gasteiger partial charge on any atom is -0.211 e. The Bertz CT molecular complexity index is 777. The van der Waals surface area contributed by atoms with Crippen LogP contribution in [0.3, 0.4) is 0 Å². The van der Waals surface area contributed by atoms with Gasteiger partial charge in [-0.05, 0) is 32.6 Å². The Balaban J connectivity index is 5.67. The standard InChI is InChI=1S/C18H28N6O4S2/c1-18(29(25,26)23(14-6-2-10-19)15-7-3-11-20)30(27,28)24(16-8-4-12-21)17-9-5-13-22/h18H,2-9,14-17H2,1H3. The van der Waals surface area contributed by atoms with Crippen LogP contribution in [-0.4, -0.2) is 56.2 Å². The van der Waals surface area contributed by atoms with Gasteiger partial charge in [0.1, 0.15) is 0 Å². The number of hydrogen-bond acceptors (Lipinski definition) is 8. The molecule has 0 amide bonds. The molecule has 0 heterocycles. The molecule has 0 aliphatic heterocycles. The van der Waals surface area contributed by atoms with Crippen LogP contribution < -0.4 is 0 Å². The molecule has 0 fully saturated rings. The maximum absolute atomic E-state index is 13.1. The highest BCUT2D eigenvalue weighted by Crippen LogP contribution is 2.21. The van der Waals surface area contributed by atoms with Gasteiger partial charge in [-0.2, -0.15) is 21.0 Å². The summed E-state index contributed by atoms with van der Waals surface area (Å²) in [4.78, 5) is 0. The Hall–Kier alpha value is -2.22. The van der Waals surface area contributed by atoms with Gasteiger partial charge >= 0.3 is 0 Å². The second-order valence-electron chi connectivity index (χ2n) is 6.50. The van der Waals surface area contributed by atoms with E-state index in [-0.39, 0.29) is 77.5 Å². The van der Waals surface area contributed by atoms with Crippen molar-refractivity contribution in [1.29, 1.82) is 21.0 Å². The molecule has 0 atom stereocenters. The van der Waals surface area contributed by atoms with E-state index in [0.717, 1.165) is 15.5 Å². The van der Waals surface area contributed by atoms with Gasteiger partial charge in [0.25, 0.3) is 0 Å². The molecule has 30 heavy (non-hydrogen) atoms. The third kappa shape index (κ3) is 9.07. The van der Waals surface area contributed by atoms with E-state index in [0.29, 0.717) is 0 Å². The van der Waals surface area contributed by atoms with Crippen LogP contribution in [0.4, 0.5) is 0 Å². The number of nitrogens with zero attached hydrogens (tertiary/aromatic N) is 6. The van der Waals surface area contributed by atoms with Gasteiger partial charge in [0.15, 0.2) is 4.58 Å². The highest BCUT2D eigenvalue weighted by molar-refractivity contribution is 8.06. The molecule has 0 bridgehead atoms. The summed E-state index contributed by atoms with van der Waals surface area (Å²) in [5.41, 5.74) is 0. The maximum Gasteiger partial charge on any atom is 0.232 e. The first kappa shape index (κ1) is 27.8. The average Bonchev–Trinajstić information content (AvgIpc) is 2.71. The molecular weight excluding hydrogens is 428 g/mol. The van der Waals surface area contributed by atoms with Crippen molar-refractivity contribution < 1.29 is 16.8 Å². The summed E-state index contributed by atoms with van der Waals surface area (Å²) in [6.45, 7) is 1.07. The Morgan fingerprint density at radius 1 is 0.600 bits per heavy atom. The summed E-state index contributed by atoms with van der Waals surface area (Å²) in [6, 6.07) is 7.70. The summed E-state index contributed by atoms with van der Waals surface area (Å²) < 4.78 is 52.6. The summed E-state index contributed by atoms with van der Waals surface area (Å²) in [5.74, 6) is 0. The second-order valence-corrected chi connectivity index (χ2v) is 11.3. The van der Waals surface area contributed by atoms with Gasteiger partial charge in [0.2, 0.25) is 20.0 Å². The van der Waals surface area contributed by atoms with E-state index in [4.69, 9.17) is 21.0 Å². The van der Waals surface area contributed by atoms with Gasteiger partial charge in [-0.3, -0.25) is 0 Å². The number of nitriles is 4. The molecular formula is C18H28N6O4S2. The second kappa shape index (κ2) is 14.7. The fourth-order valence-corrected chi connectivity index (χ4v) is 6.98. The average molecular weight is 457 g/mol. The topological polar surface area (TPSA) is 170 Å². The molecule has 12 heteroatoms. The monoisotopic (exact) mass is 456 g/mol. The van der Waals surface area contributed by atoms with Crippen molar-refractivity contribution in [3.05, 3.63) is 0 Å². The molecule has 0 saturated carbocycles. The first-order valence-corrected chi connectivity index (χ1v) is 12.7. The molecule has 0 N–H and O–H groups in total. The van der Waals surface area contributed by atoms with E-state index in [1.165, 1.54) is 0 Å². The zero-order valence-corrected chi connectivity index (χ0v) is 18.8. The van der Waals surface area contributed by atoms with Crippen LogP contribution in [0.15, 0.2) is 0 Å². The third-order valence-electron chi connectivity index (χ3n) is 4.34. The molecule has 166 valence electrons. The highest BCUT2D eigenvalue weighted by atomic mass is 32.3. The molecule has 0 aromatic rings. The zero-order valence-electron chi connectivity index (χ0n) is 17.2. The van der Waals surface area contributed by atoms with Gasteiger partial charge < -0.3 is 0 Å². The lowest BCUT2D eigenvalue weighted by atomic mass is 10.3. The first-order chi connectivity index (χ1) is 14.2. The van der Waals surface area contributed by atoms with E-state index >= 15 is 0 Å². The van der Waals surface area contributed by atoms with Gasteiger partial charge in [0, 0.05) is 51.9 Å². The first-order valence-electron chi connectivity index (χ1n) is 9.65.